The zero-order valence-electron chi connectivity index (χ0n) is 13.9. The summed E-state index contributed by atoms with van der Waals surface area (Å²) in [5, 5.41) is 5.40. The number of rotatable bonds is 3. The second-order valence-electron chi connectivity index (χ2n) is 6.54. The minimum absolute atomic E-state index is 0.0993. The number of pyridine rings is 1. The van der Waals surface area contributed by atoms with Gasteiger partial charge in [0.05, 0.1) is 5.69 Å². The van der Waals surface area contributed by atoms with Gasteiger partial charge in [0, 0.05) is 33.8 Å². The number of hydrogen-bond donors (Lipinski definition) is 1. The molecule has 0 bridgehead atoms. The molecule has 0 unspecified atom stereocenters. The standard InChI is InChI=1S/C19H19N3OS/c1-19(2,3)16-11-14(9-10-20-16)17(23)22-18-21-15(12-24-18)13-7-5-4-6-8-13/h4-12H,1-3H3,(H,21,22,23). The van der Waals surface area contributed by atoms with E-state index in [0.29, 0.717) is 10.7 Å². The van der Waals surface area contributed by atoms with Crippen LogP contribution in [-0.4, -0.2) is 15.9 Å². The molecule has 5 heteroatoms. The van der Waals surface area contributed by atoms with E-state index in [2.05, 4.69) is 36.1 Å². The van der Waals surface area contributed by atoms with Crippen LogP contribution in [0.2, 0.25) is 0 Å². The van der Waals surface area contributed by atoms with Crippen LogP contribution in [0.25, 0.3) is 11.3 Å². The normalized spacial score (nSPS) is 11.3. The first kappa shape index (κ1) is 16.3. The Hall–Kier alpha value is -2.53. The first-order valence-corrected chi connectivity index (χ1v) is 8.60. The Morgan fingerprint density at radius 3 is 2.58 bits per heavy atom. The van der Waals surface area contributed by atoms with Gasteiger partial charge in [-0.1, -0.05) is 51.1 Å². The van der Waals surface area contributed by atoms with Crippen LogP contribution in [0, 0.1) is 0 Å². The van der Waals surface area contributed by atoms with E-state index in [1.54, 1.807) is 12.3 Å². The quantitative estimate of drug-likeness (QED) is 0.750. The van der Waals surface area contributed by atoms with Crippen LogP contribution in [0.5, 0.6) is 0 Å². The molecule has 4 nitrogen and oxygen atoms in total. The molecule has 1 N–H and O–H groups in total. The van der Waals surface area contributed by atoms with Crippen LogP contribution in [0.15, 0.2) is 54.0 Å². The van der Waals surface area contributed by atoms with Gasteiger partial charge < -0.3 is 0 Å². The average Bonchev–Trinajstić information content (AvgIpc) is 3.03. The van der Waals surface area contributed by atoms with Crippen LogP contribution in [0.1, 0.15) is 36.8 Å². The molecule has 0 aliphatic carbocycles. The fourth-order valence-electron chi connectivity index (χ4n) is 2.22. The average molecular weight is 337 g/mol. The van der Waals surface area contributed by atoms with E-state index in [0.717, 1.165) is 17.0 Å². The molecule has 1 aromatic carbocycles. The number of hydrogen-bond acceptors (Lipinski definition) is 4. The third-order valence-electron chi connectivity index (χ3n) is 3.58. The van der Waals surface area contributed by atoms with E-state index in [1.165, 1.54) is 11.3 Å². The lowest BCUT2D eigenvalue weighted by atomic mass is 9.91. The largest absolute Gasteiger partial charge is 0.298 e. The van der Waals surface area contributed by atoms with Gasteiger partial charge in [-0.15, -0.1) is 11.3 Å². The topological polar surface area (TPSA) is 54.9 Å². The van der Waals surface area contributed by atoms with Crippen molar-refractivity contribution in [2.75, 3.05) is 5.32 Å². The van der Waals surface area contributed by atoms with Gasteiger partial charge in [-0.25, -0.2) is 4.98 Å². The summed E-state index contributed by atoms with van der Waals surface area (Å²) in [6.45, 7) is 6.22. The van der Waals surface area contributed by atoms with Crippen molar-refractivity contribution in [3.05, 3.63) is 65.3 Å². The van der Waals surface area contributed by atoms with Crippen molar-refractivity contribution < 1.29 is 4.79 Å². The van der Waals surface area contributed by atoms with Crippen molar-refractivity contribution in [2.45, 2.75) is 26.2 Å². The lowest BCUT2D eigenvalue weighted by Gasteiger charge is -2.17. The number of nitrogens with zero attached hydrogens (tertiary/aromatic N) is 2. The van der Waals surface area contributed by atoms with E-state index in [-0.39, 0.29) is 11.3 Å². The number of aromatic nitrogens is 2. The van der Waals surface area contributed by atoms with Gasteiger partial charge in [-0.3, -0.25) is 15.1 Å². The van der Waals surface area contributed by atoms with Gasteiger partial charge in [0.15, 0.2) is 5.13 Å². The predicted molar refractivity (Wildman–Crippen MR) is 98.4 cm³/mol. The number of benzene rings is 1. The molecule has 0 radical (unpaired) electrons. The van der Waals surface area contributed by atoms with Crippen molar-refractivity contribution in [2.24, 2.45) is 0 Å². The molecule has 3 rings (SSSR count). The Morgan fingerprint density at radius 2 is 1.88 bits per heavy atom. The lowest BCUT2D eigenvalue weighted by molar-refractivity contribution is 0.102. The number of amides is 1. The molecule has 24 heavy (non-hydrogen) atoms. The summed E-state index contributed by atoms with van der Waals surface area (Å²) in [5.74, 6) is -0.170. The molecule has 0 saturated carbocycles. The first-order chi connectivity index (χ1) is 11.4. The molecular formula is C19H19N3OS. The third-order valence-corrected chi connectivity index (χ3v) is 4.34. The minimum Gasteiger partial charge on any atom is -0.298 e. The van der Waals surface area contributed by atoms with Crippen molar-refractivity contribution in [1.29, 1.82) is 0 Å². The number of nitrogens with one attached hydrogen (secondary N) is 1. The molecule has 3 aromatic rings. The van der Waals surface area contributed by atoms with Gasteiger partial charge in [0.1, 0.15) is 0 Å². The molecule has 0 aliphatic heterocycles. The Morgan fingerprint density at radius 1 is 1.12 bits per heavy atom. The molecule has 0 saturated heterocycles. The van der Waals surface area contributed by atoms with Crippen LogP contribution >= 0.6 is 11.3 Å². The van der Waals surface area contributed by atoms with Gasteiger partial charge in [-0.05, 0) is 12.1 Å². The molecule has 0 aliphatic rings. The third kappa shape index (κ3) is 3.68. The summed E-state index contributed by atoms with van der Waals surface area (Å²) in [6, 6.07) is 13.5. The van der Waals surface area contributed by atoms with Gasteiger partial charge in [-0.2, -0.15) is 0 Å². The predicted octanol–water partition coefficient (Wildman–Crippen LogP) is 4.75. The zero-order chi connectivity index (χ0) is 17.2. The van der Waals surface area contributed by atoms with Gasteiger partial charge in [0.2, 0.25) is 0 Å². The van der Waals surface area contributed by atoms with Crippen LogP contribution in [-0.2, 0) is 5.41 Å². The molecule has 0 atom stereocenters. The number of carbonyl (C=O) groups is 1. The van der Waals surface area contributed by atoms with E-state index >= 15 is 0 Å². The second kappa shape index (κ2) is 6.53. The monoisotopic (exact) mass is 337 g/mol. The molecular weight excluding hydrogens is 318 g/mol. The Labute approximate surface area is 145 Å². The zero-order valence-corrected chi connectivity index (χ0v) is 14.7. The maximum Gasteiger partial charge on any atom is 0.257 e. The van der Waals surface area contributed by atoms with Crippen molar-refractivity contribution >= 4 is 22.4 Å². The lowest BCUT2D eigenvalue weighted by Crippen LogP contribution is -2.17. The highest BCUT2D eigenvalue weighted by atomic mass is 32.1. The summed E-state index contributed by atoms with van der Waals surface area (Å²) in [4.78, 5) is 21.3. The molecule has 1 amide bonds. The van der Waals surface area contributed by atoms with Gasteiger partial charge >= 0.3 is 0 Å². The Kier molecular flexibility index (Phi) is 4.44. The molecule has 0 fully saturated rings. The summed E-state index contributed by atoms with van der Waals surface area (Å²) in [6.07, 6.45) is 1.67. The van der Waals surface area contributed by atoms with Crippen molar-refractivity contribution in [3.8, 4) is 11.3 Å². The van der Waals surface area contributed by atoms with E-state index < -0.39 is 0 Å². The van der Waals surface area contributed by atoms with Crippen molar-refractivity contribution in [3.63, 3.8) is 0 Å². The summed E-state index contributed by atoms with van der Waals surface area (Å²) >= 11 is 1.42. The highest BCUT2D eigenvalue weighted by Gasteiger charge is 2.18. The fourth-order valence-corrected chi connectivity index (χ4v) is 2.94. The molecule has 122 valence electrons. The SMILES string of the molecule is CC(C)(C)c1cc(C(=O)Nc2nc(-c3ccccc3)cs2)ccn1. The van der Waals surface area contributed by atoms with Crippen molar-refractivity contribution in [1.82, 2.24) is 9.97 Å². The summed E-state index contributed by atoms with van der Waals surface area (Å²) < 4.78 is 0. The van der Waals surface area contributed by atoms with Crippen LogP contribution < -0.4 is 5.32 Å². The first-order valence-electron chi connectivity index (χ1n) is 7.72. The van der Waals surface area contributed by atoms with Gasteiger partial charge in [0.25, 0.3) is 5.91 Å². The summed E-state index contributed by atoms with van der Waals surface area (Å²) in [5.41, 5.74) is 3.28. The molecule has 2 aromatic heterocycles. The van der Waals surface area contributed by atoms with Crippen LogP contribution in [0.4, 0.5) is 5.13 Å². The van der Waals surface area contributed by atoms with Crippen LogP contribution in [0.3, 0.4) is 0 Å². The number of carbonyl (C=O) groups excluding carboxylic acids is 1. The summed E-state index contributed by atoms with van der Waals surface area (Å²) in [7, 11) is 0. The maximum atomic E-state index is 12.5. The Bertz CT molecular complexity index is 850. The number of anilines is 1. The van der Waals surface area contributed by atoms with E-state index in [4.69, 9.17) is 0 Å². The maximum absolute atomic E-state index is 12.5. The molecule has 0 spiro atoms. The fraction of sp³-hybridized carbons (Fsp3) is 0.211. The highest BCUT2D eigenvalue weighted by molar-refractivity contribution is 7.14. The smallest absolute Gasteiger partial charge is 0.257 e. The minimum atomic E-state index is -0.170. The second-order valence-corrected chi connectivity index (χ2v) is 7.40. The molecule has 2 heterocycles. The highest BCUT2D eigenvalue weighted by Crippen LogP contribution is 2.25. The van der Waals surface area contributed by atoms with E-state index in [1.807, 2.05) is 41.8 Å². The Balaban J connectivity index is 1.77. The van der Waals surface area contributed by atoms with E-state index in [9.17, 15) is 4.79 Å². The number of thiazole rings is 1.